The molecular weight excluding hydrogens is 157 g/mol. The number of hydrogen-bond donors (Lipinski definition) is 0. The molecule has 0 radical (unpaired) electrons. The van der Waals surface area contributed by atoms with Crippen LogP contribution in [-0.2, 0) is 4.74 Å². The minimum absolute atomic E-state index is 0.00722. The molecule has 0 N–H and O–H groups in total. The standard InChI is InChI=1S/C9H6FNO/c10-8-2-6(4-11)1-7(3-8)9-5-12-9/h1-3,9H,5H2. The summed E-state index contributed by atoms with van der Waals surface area (Å²) < 4.78 is 17.8. The summed E-state index contributed by atoms with van der Waals surface area (Å²) in [6, 6.07) is 6.16. The Kier molecular flexibility index (Phi) is 1.56. The fourth-order valence-electron chi connectivity index (χ4n) is 1.10. The maximum Gasteiger partial charge on any atom is 0.124 e. The maximum absolute atomic E-state index is 12.8. The van der Waals surface area contributed by atoms with Gasteiger partial charge >= 0.3 is 0 Å². The van der Waals surface area contributed by atoms with Crippen molar-refractivity contribution >= 4 is 0 Å². The first-order valence-electron chi connectivity index (χ1n) is 3.62. The topological polar surface area (TPSA) is 36.3 Å². The SMILES string of the molecule is N#Cc1cc(F)cc(C2CO2)c1. The molecule has 1 fully saturated rings. The lowest BCUT2D eigenvalue weighted by atomic mass is 10.1. The zero-order chi connectivity index (χ0) is 8.55. The van der Waals surface area contributed by atoms with Crippen LogP contribution in [-0.4, -0.2) is 6.61 Å². The molecular formula is C9H6FNO. The van der Waals surface area contributed by atoms with Crippen molar-refractivity contribution in [1.29, 1.82) is 5.26 Å². The van der Waals surface area contributed by atoms with Crippen molar-refractivity contribution in [3.8, 4) is 6.07 Å². The van der Waals surface area contributed by atoms with E-state index in [0.29, 0.717) is 12.2 Å². The van der Waals surface area contributed by atoms with E-state index in [1.165, 1.54) is 12.1 Å². The Morgan fingerprint density at radius 2 is 2.25 bits per heavy atom. The predicted octanol–water partition coefficient (Wildman–Crippen LogP) is 1.77. The van der Waals surface area contributed by atoms with E-state index < -0.39 is 0 Å². The van der Waals surface area contributed by atoms with Crippen LogP contribution >= 0.6 is 0 Å². The quantitative estimate of drug-likeness (QED) is 0.591. The molecule has 0 amide bonds. The summed E-state index contributed by atoms with van der Waals surface area (Å²) in [7, 11) is 0. The van der Waals surface area contributed by atoms with E-state index in [9.17, 15) is 4.39 Å². The number of rotatable bonds is 1. The molecule has 0 aromatic heterocycles. The van der Waals surface area contributed by atoms with Gasteiger partial charge in [-0.1, -0.05) is 0 Å². The molecule has 2 nitrogen and oxygen atoms in total. The monoisotopic (exact) mass is 163 g/mol. The van der Waals surface area contributed by atoms with Crippen molar-refractivity contribution in [3.63, 3.8) is 0 Å². The van der Waals surface area contributed by atoms with Gasteiger partial charge in [0.15, 0.2) is 0 Å². The van der Waals surface area contributed by atoms with Crippen molar-refractivity contribution in [3.05, 3.63) is 35.1 Å². The largest absolute Gasteiger partial charge is 0.368 e. The number of nitriles is 1. The molecule has 0 aliphatic carbocycles. The van der Waals surface area contributed by atoms with E-state index in [4.69, 9.17) is 10.00 Å². The second-order valence-electron chi connectivity index (χ2n) is 2.71. The zero-order valence-corrected chi connectivity index (χ0v) is 6.25. The first-order chi connectivity index (χ1) is 5.79. The van der Waals surface area contributed by atoms with E-state index in [2.05, 4.69) is 0 Å². The third-order valence-corrected chi connectivity index (χ3v) is 1.75. The molecule has 0 saturated carbocycles. The molecule has 1 atom stereocenters. The molecule has 0 spiro atoms. The summed E-state index contributed by atoms with van der Waals surface area (Å²) in [6.07, 6.45) is 0.00722. The van der Waals surface area contributed by atoms with Gasteiger partial charge in [0.25, 0.3) is 0 Å². The molecule has 1 aliphatic rings. The normalized spacial score (nSPS) is 20.2. The van der Waals surface area contributed by atoms with Crippen LogP contribution in [0.15, 0.2) is 18.2 Å². The van der Waals surface area contributed by atoms with E-state index in [1.54, 1.807) is 6.07 Å². The van der Waals surface area contributed by atoms with Crippen LogP contribution in [0.5, 0.6) is 0 Å². The third kappa shape index (κ3) is 1.29. The van der Waals surface area contributed by atoms with E-state index >= 15 is 0 Å². The number of ether oxygens (including phenoxy) is 1. The van der Waals surface area contributed by atoms with Crippen LogP contribution in [0.1, 0.15) is 17.2 Å². The molecule has 60 valence electrons. The van der Waals surface area contributed by atoms with Gasteiger partial charge in [-0.05, 0) is 23.8 Å². The highest BCUT2D eigenvalue weighted by molar-refractivity contribution is 5.35. The number of epoxide rings is 1. The van der Waals surface area contributed by atoms with Crippen molar-refractivity contribution in [1.82, 2.24) is 0 Å². The fraction of sp³-hybridized carbons (Fsp3) is 0.222. The third-order valence-electron chi connectivity index (χ3n) is 1.75. The van der Waals surface area contributed by atoms with Gasteiger partial charge in [-0.15, -0.1) is 0 Å². The van der Waals surface area contributed by atoms with E-state index in [-0.39, 0.29) is 11.9 Å². The Morgan fingerprint density at radius 1 is 1.50 bits per heavy atom. The van der Waals surface area contributed by atoms with Gasteiger partial charge in [-0.3, -0.25) is 0 Å². The average molecular weight is 163 g/mol. The molecule has 1 aromatic rings. The van der Waals surface area contributed by atoms with Gasteiger partial charge in [0.2, 0.25) is 0 Å². The molecule has 1 saturated heterocycles. The van der Waals surface area contributed by atoms with Crippen LogP contribution in [0.3, 0.4) is 0 Å². The second kappa shape index (κ2) is 2.58. The van der Waals surface area contributed by atoms with Crippen LogP contribution in [0, 0.1) is 17.1 Å². The van der Waals surface area contributed by atoms with Crippen LogP contribution < -0.4 is 0 Å². The average Bonchev–Trinajstić information content (AvgIpc) is 2.85. The Labute approximate surface area is 69.2 Å². The van der Waals surface area contributed by atoms with Crippen LogP contribution in [0.4, 0.5) is 4.39 Å². The van der Waals surface area contributed by atoms with Crippen molar-refractivity contribution < 1.29 is 9.13 Å². The maximum atomic E-state index is 12.8. The lowest BCUT2D eigenvalue weighted by Gasteiger charge is -1.96. The number of benzene rings is 1. The summed E-state index contributed by atoms with van der Waals surface area (Å²) in [4.78, 5) is 0. The summed E-state index contributed by atoms with van der Waals surface area (Å²) in [5, 5.41) is 8.53. The van der Waals surface area contributed by atoms with E-state index in [1.807, 2.05) is 6.07 Å². The lowest BCUT2D eigenvalue weighted by molar-refractivity contribution is 0.414. The highest BCUT2D eigenvalue weighted by atomic mass is 19.1. The molecule has 12 heavy (non-hydrogen) atoms. The highest BCUT2D eigenvalue weighted by Gasteiger charge is 2.25. The summed E-state index contributed by atoms with van der Waals surface area (Å²) >= 11 is 0. The second-order valence-corrected chi connectivity index (χ2v) is 2.71. The van der Waals surface area contributed by atoms with Gasteiger partial charge in [0.05, 0.1) is 18.2 Å². The number of halogens is 1. The Bertz CT molecular complexity index is 352. The fourth-order valence-corrected chi connectivity index (χ4v) is 1.10. The minimum atomic E-state index is -0.375. The molecule has 3 heteroatoms. The van der Waals surface area contributed by atoms with Gasteiger partial charge in [-0.25, -0.2) is 4.39 Å². The first kappa shape index (κ1) is 7.26. The van der Waals surface area contributed by atoms with Crippen molar-refractivity contribution in [2.75, 3.05) is 6.61 Å². The smallest absolute Gasteiger partial charge is 0.124 e. The molecule has 0 bridgehead atoms. The molecule has 1 aromatic carbocycles. The van der Waals surface area contributed by atoms with Crippen LogP contribution in [0.25, 0.3) is 0 Å². The van der Waals surface area contributed by atoms with Crippen molar-refractivity contribution in [2.24, 2.45) is 0 Å². The Hall–Kier alpha value is -1.40. The number of nitrogens with zero attached hydrogens (tertiary/aromatic N) is 1. The Balaban J connectivity index is 2.43. The summed E-state index contributed by atoms with van der Waals surface area (Å²) in [5.74, 6) is -0.375. The highest BCUT2D eigenvalue weighted by Crippen LogP contribution is 2.30. The predicted molar refractivity (Wildman–Crippen MR) is 39.8 cm³/mol. The van der Waals surface area contributed by atoms with Gasteiger partial charge < -0.3 is 4.74 Å². The van der Waals surface area contributed by atoms with Gasteiger partial charge in [0.1, 0.15) is 11.9 Å². The Morgan fingerprint density at radius 3 is 2.83 bits per heavy atom. The molecule has 1 unspecified atom stereocenters. The van der Waals surface area contributed by atoms with Crippen molar-refractivity contribution in [2.45, 2.75) is 6.10 Å². The molecule has 2 rings (SSSR count). The van der Waals surface area contributed by atoms with E-state index in [0.717, 1.165) is 5.56 Å². The van der Waals surface area contributed by atoms with Gasteiger partial charge in [0, 0.05) is 0 Å². The number of hydrogen-bond acceptors (Lipinski definition) is 2. The van der Waals surface area contributed by atoms with Crippen LogP contribution in [0.2, 0.25) is 0 Å². The summed E-state index contributed by atoms with van der Waals surface area (Å²) in [5.41, 5.74) is 1.10. The summed E-state index contributed by atoms with van der Waals surface area (Å²) in [6.45, 7) is 0.633. The first-order valence-corrected chi connectivity index (χ1v) is 3.62. The lowest BCUT2D eigenvalue weighted by Crippen LogP contribution is -1.86. The van der Waals surface area contributed by atoms with Gasteiger partial charge in [-0.2, -0.15) is 5.26 Å². The molecule has 1 heterocycles. The zero-order valence-electron chi connectivity index (χ0n) is 6.25. The minimum Gasteiger partial charge on any atom is -0.368 e. The molecule has 1 aliphatic heterocycles.